The fraction of sp³-hybridized carbons (Fsp3) is 0.833. The summed E-state index contributed by atoms with van der Waals surface area (Å²) in [5.41, 5.74) is -0.208. The van der Waals surface area contributed by atoms with Gasteiger partial charge >= 0.3 is 0 Å². The summed E-state index contributed by atoms with van der Waals surface area (Å²) in [5, 5.41) is 5.27. The van der Waals surface area contributed by atoms with E-state index in [0.29, 0.717) is 24.8 Å². The quantitative estimate of drug-likeness (QED) is 0.602. The molecule has 0 spiro atoms. The maximum absolute atomic E-state index is 13.5. The second-order valence-electron chi connectivity index (χ2n) is 11.5. The van der Waals surface area contributed by atoms with Crippen LogP contribution in [0.4, 0.5) is 0 Å². The minimum atomic E-state index is -0.837. The number of fused-ring (bicyclic) bond motifs is 1. The van der Waals surface area contributed by atoms with Crippen molar-refractivity contribution in [1.82, 2.24) is 15.5 Å². The molecular formula is C24H39N3O4. The molecule has 1 heterocycles. The van der Waals surface area contributed by atoms with Gasteiger partial charge in [-0.3, -0.25) is 19.2 Å². The van der Waals surface area contributed by atoms with E-state index in [1.54, 1.807) is 4.90 Å². The number of nitrogens with zero attached hydrogens (tertiary/aromatic N) is 1. The van der Waals surface area contributed by atoms with Crippen molar-refractivity contribution in [3.05, 3.63) is 0 Å². The van der Waals surface area contributed by atoms with Crippen molar-refractivity contribution in [2.75, 3.05) is 13.6 Å². The monoisotopic (exact) mass is 433 g/mol. The van der Waals surface area contributed by atoms with E-state index in [1.165, 1.54) is 7.05 Å². The highest BCUT2D eigenvalue weighted by atomic mass is 16.2. The predicted octanol–water partition coefficient (Wildman–Crippen LogP) is 2.14. The first-order valence-electron chi connectivity index (χ1n) is 11.7. The number of hydrogen-bond donors (Lipinski definition) is 2. The van der Waals surface area contributed by atoms with Crippen molar-refractivity contribution >= 4 is 23.5 Å². The molecule has 0 radical (unpaired) electrons. The molecule has 3 amide bonds. The second kappa shape index (κ2) is 8.21. The van der Waals surface area contributed by atoms with Crippen LogP contribution in [-0.2, 0) is 19.2 Å². The van der Waals surface area contributed by atoms with Crippen LogP contribution >= 0.6 is 0 Å². The van der Waals surface area contributed by atoms with E-state index >= 15 is 0 Å². The van der Waals surface area contributed by atoms with Crippen molar-refractivity contribution in [2.24, 2.45) is 34.5 Å². The van der Waals surface area contributed by atoms with Gasteiger partial charge in [-0.25, -0.2) is 0 Å². The zero-order valence-electron chi connectivity index (χ0n) is 20.1. The molecule has 1 saturated heterocycles. The molecule has 2 aliphatic carbocycles. The number of hydrogen-bond acceptors (Lipinski definition) is 4. The summed E-state index contributed by atoms with van der Waals surface area (Å²) in [5.74, 6) is -1.09. The molecule has 0 bridgehead atoms. The topological polar surface area (TPSA) is 95.6 Å². The lowest BCUT2D eigenvalue weighted by Gasteiger charge is -2.36. The van der Waals surface area contributed by atoms with Gasteiger partial charge in [-0.15, -0.1) is 0 Å². The first kappa shape index (κ1) is 23.7. The smallest absolute Gasteiger partial charge is 0.289 e. The van der Waals surface area contributed by atoms with Crippen LogP contribution in [0, 0.1) is 34.5 Å². The molecule has 31 heavy (non-hydrogen) atoms. The summed E-state index contributed by atoms with van der Waals surface area (Å²) in [6, 6.07) is -1.42. The van der Waals surface area contributed by atoms with Gasteiger partial charge in [-0.05, 0) is 35.0 Å². The van der Waals surface area contributed by atoms with Gasteiger partial charge in [-0.2, -0.15) is 0 Å². The summed E-state index contributed by atoms with van der Waals surface area (Å²) in [6.07, 6.45) is 3.63. The summed E-state index contributed by atoms with van der Waals surface area (Å²) < 4.78 is 0. The summed E-state index contributed by atoms with van der Waals surface area (Å²) in [7, 11) is 1.42. The SMILES string of the molecule is CNC(=O)C(=O)C(CC1CCC1)NC(=O)[C@@H]1C2C(CN1C(=O)[C@@H](C)C(C)(C)C)C2(C)C. The van der Waals surface area contributed by atoms with Gasteiger partial charge in [-0.1, -0.05) is 60.8 Å². The number of likely N-dealkylation sites (tertiary alicyclic amines) is 1. The lowest BCUT2D eigenvalue weighted by molar-refractivity contribution is -0.147. The molecular weight excluding hydrogens is 394 g/mol. The van der Waals surface area contributed by atoms with Crippen LogP contribution in [-0.4, -0.2) is 54.1 Å². The normalized spacial score (nSPS) is 28.7. The predicted molar refractivity (Wildman–Crippen MR) is 118 cm³/mol. The summed E-state index contributed by atoms with van der Waals surface area (Å²) >= 11 is 0. The molecule has 5 atom stereocenters. The Kier molecular flexibility index (Phi) is 6.29. The molecule has 7 heteroatoms. The third-order valence-corrected chi connectivity index (χ3v) is 8.31. The number of nitrogens with one attached hydrogen (secondary N) is 2. The van der Waals surface area contributed by atoms with E-state index in [4.69, 9.17) is 0 Å². The maximum atomic E-state index is 13.5. The van der Waals surface area contributed by atoms with E-state index in [0.717, 1.165) is 19.3 Å². The fourth-order valence-corrected chi connectivity index (χ4v) is 5.26. The lowest BCUT2D eigenvalue weighted by Crippen LogP contribution is -2.56. The van der Waals surface area contributed by atoms with E-state index < -0.39 is 23.8 Å². The Balaban J connectivity index is 1.80. The van der Waals surface area contributed by atoms with Crippen LogP contribution in [0.5, 0.6) is 0 Å². The molecule has 0 aromatic rings. The third-order valence-electron chi connectivity index (χ3n) is 8.31. The average Bonchev–Trinajstić information content (AvgIpc) is 3.02. The van der Waals surface area contributed by atoms with Gasteiger partial charge < -0.3 is 15.5 Å². The molecule has 7 nitrogen and oxygen atoms in total. The van der Waals surface area contributed by atoms with Gasteiger partial charge in [0.2, 0.25) is 17.6 Å². The Bertz CT molecular complexity index is 765. The number of carbonyl (C=O) groups excluding carboxylic acids is 4. The molecule has 3 rings (SSSR count). The molecule has 1 aliphatic heterocycles. The molecule has 0 aromatic heterocycles. The first-order valence-corrected chi connectivity index (χ1v) is 11.7. The van der Waals surface area contributed by atoms with Crippen molar-refractivity contribution < 1.29 is 19.2 Å². The highest BCUT2D eigenvalue weighted by molar-refractivity contribution is 6.38. The van der Waals surface area contributed by atoms with Crippen LogP contribution in [0.3, 0.4) is 0 Å². The molecule has 2 saturated carbocycles. The van der Waals surface area contributed by atoms with Gasteiger partial charge in [0.1, 0.15) is 6.04 Å². The summed E-state index contributed by atoms with van der Waals surface area (Å²) in [6.45, 7) is 12.9. The Hall–Kier alpha value is -1.92. The molecule has 3 fully saturated rings. The Morgan fingerprint density at radius 2 is 1.74 bits per heavy atom. The molecule has 2 N–H and O–H groups in total. The number of likely N-dealkylation sites (N-methyl/N-ethyl adjacent to an activating group) is 1. The highest BCUT2D eigenvalue weighted by Crippen LogP contribution is 2.65. The van der Waals surface area contributed by atoms with Crippen molar-refractivity contribution in [3.8, 4) is 0 Å². The maximum Gasteiger partial charge on any atom is 0.289 e. The van der Waals surface area contributed by atoms with Crippen LogP contribution < -0.4 is 10.6 Å². The van der Waals surface area contributed by atoms with E-state index in [9.17, 15) is 19.2 Å². The minimum Gasteiger partial charge on any atom is -0.353 e. The van der Waals surface area contributed by atoms with E-state index in [2.05, 4.69) is 24.5 Å². The van der Waals surface area contributed by atoms with Gasteiger partial charge in [0.05, 0.1) is 6.04 Å². The summed E-state index contributed by atoms with van der Waals surface area (Å²) in [4.78, 5) is 53.2. The van der Waals surface area contributed by atoms with E-state index in [-0.39, 0.29) is 34.5 Å². The third kappa shape index (κ3) is 4.37. The van der Waals surface area contributed by atoms with Crippen molar-refractivity contribution in [2.45, 2.75) is 79.3 Å². The Morgan fingerprint density at radius 1 is 1.13 bits per heavy atom. The van der Waals surface area contributed by atoms with Crippen LogP contribution in [0.2, 0.25) is 0 Å². The number of piperidine rings is 1. The average molecular weight is 434 g/mol. The number of rotatable bonds is 7. The molecule has 174 valence electrons. The number of amides is 3. The van der Waals surface area contributed by atoms with Crippen LogP contribution in [0.25, 0.3) is 0 Å². The van der Waals surface area contributed by atoms with Crippen LogP contribution in [0.15, 0.2) is 0 Å². The fourth-order valence-electron chi connectivity index (χ4n) is 5.26. The van der Waals surface area contributed by atoms with Crippen molar-refractivity contribution in [1.29, 1.82) is 0 Å². The first-order chi connectivity index (χ1) is 14.3. The van der Waals surface area contributed by atoms with Gasteiger partial charge in [0.25, 0.3) is 5.91 Å². The zero-order valence-corrected chi connectivity index (χ0v) is 20.1. The number of carbonyl (C=O) groups is 4. The Labute approximate surface area is 186 Å². The second-order valence-corrected chi connectivity index (χ2v) is 11.5. The largest absolute Gasteiger partial charge is 0.353 e. The minimum absolute atomic E-state index is 0.00196. The lowest BCUT2D eigenvalue weighted by atomic mass is 9.80. The van der Waals surface area contributed by atoms with Crippen molar-refractivity contribution in [3.63, 3.8) is 0 Å². The van der Waals surface area contributed by atoms with Gasteiger partial charge in [0, 0.05) is 19.5 Å². The van der Waals surface area contributed by atoms with E-state index in [1.807, 2.05) is 27.7 Å². The molecule has 3 unspecified atom stereocenters. The standard InChI is InChI=1S/C24H39N3O4/c1-13(23(2,3)4)22(31)27-12-15-17(24(15,5)6)18(27)20(29)26-16(11-14-9-8-10-14)19(28)21(30)25-7/h13-18H,8-12H2,1-7H3,(H,25,30)(H,26,29)/t13-,15?,16?,17?,18+/m1/s1. The zero-order chi connectivity index (χ0) is 23.3. The highest BCUT2D eigenvalue weighted by Gasteiger charge is 2.69. The molecule has 3 aliphatic rings. The Morgan fingerprint density at radius 3 is 2.23 bits per heavy atom. The number of Topliss-reactive ketones (excluding diaryl/α,β-unsaturated/α-hetero) is 1. The number of ketones is 1. The van der Waals surface area contributed by atoms with Crippen LogP contribution in [0.1, 0.15) is 67.2 Å². The molecule has 0 aromatic carbocycles. The van der Waals surface area contributed by atoms with Gasteiger partial charge in [0.15, 0.2) is 0 Å².